The predicted octanol–water partition coefficient (Wildman–Crippen LogP) is 1.00. The van der Waals surface area contributed by atoms with Gasteiger partial charge < -0.3 is 19.5 Å². The molecule has 0 bridgehead atoms. The summed E-state index contributed by atoms with van der Waals surface area (Å²) in [6.45, 7) is 5.87. The van der Waals surface area contributed by atoms with Gasteiger partial charge in [-0.1, -0.05) is 6.92 Å². The van der Waals surface area contributed by atoms with E-state index < -0.39 is 0 Å². The molecule has 0 aliphatic carbocycles. The van der Waals surface area contributed by atoms with Crippen molar-refractivity contribution in [2.24, 2.45) is 11.8 Å². The fraction of sp³-hybridized carbons (Fsp3) is 0.800. The highest BCUT2D eigenvalue weighted by Crippen LogP contribution is 2.21. The largest absolute Gasteiger partial charge is 0.381 e. The third-order valence-corrected chi connectivity index (χ3v) is 4.52. The summed E-state index contributed by atoms with van der Waals surface area (Å²) in [5, 5.41) is 7.09. The standard InChI is InChI=1S/C15H24N4O3/c1-2-13-17-15(18-22-13)19-6-3-11(4-7-19)9-16-14(20)12-5-8-21-10-12/h11-12H,2-10H2,1H3,(H,16,20). The second kappa shape index (κ2) is 7.09. The van der Waals surface area contributed by atoms with E-state index in [4.69, 9.17) is 9.26 Å². The van der Waals surface area contributed by atoms with Crippen LogP contribution in [-0.4, -0.2) is 48.9 Å². The average Bonchev–Trinajstić information content (AvgIpc) is 3.24. The number of nitrogens with zero attached hydrogens (tertiary/aromatic N) is 3. The van der Waals surface area contributed by atoms with E-state index in [0.717, 1.165) is 45.3 Å². The third-order valence-electron chi connectivity index (χ3n) is 4.52. The second-order valence-electron chi connectivity index (χ2n) is 6.08. The Hall–Kier alpha value is -1.63. The Labute approximate surface area is 130 Å². The molecular formula is C15H24N4O3. The molecule has 0 radical (unpaired) electrons. The minimum atomic E-state index is 0.0480. The number of amides is 1. The molecule has 2 aliphatic heterocycles. The molecule has 7 nitrogen and oxygen atoms in total. The fourth-order valence-corrected chi connectivity index (χ4v) is 2.99. The molecule has 7 heteroatoms. The fourth-order valence-electron chi connectivity index (χ4n) is 2.99. The summed E-state index contributed by atoms with van der Waals surface area (Å²) in [5.41, 5.74) is 0. The number of aromatic nitrogens is 2. The molecule has 3 heterocycles. The van der Waals surface area contributed by atoms with Crippen LogP contribution in [0.1, 0.15) is 32.1 Å². The Morgan fingerprint density at radius 3 is 2.82 bits per heavy atom. The van der Waals surface area contributed by atoms with E-state index in [9.17, 15) is 4.79 Å². The van der Waals surface area contributed by atoms with Crippen molar-refractivity contribution in [1.82, 2.24) is 15.5 Å². The smallest absolute Gasteiger partial charge is 0.266 e. The maximum Gasteiger partial charge on any atom is 0.266 e. The van der Waals surface area contributed by atoms with E-state index in [1.807, 2.05) is 6.92 Å². The molecule has 1 atom stereocenters. The molecule has 1 amide bonds. The van der Waals surface area contributed by atoms with E-state index in [2.05, 4.69) is 20.4 Å². The first-order valence-electron chi connectivity index (χ1n) is 8.19. The molecule has 3 rings (SSSR count). The maximum absolute atomic E-state index is 12.0. The highest BCUT2D eigenvalue weighted by Gasteiger charge is 2.26. The number of nitrogens with one attached hydrogen (secondary N) is 1. The third kappa shape index (κ3) is 3.58. The summed E-state index contributed by atoms with van der Waals surface area (Å²) in [5.74, 6) is 2.10. The van der Waals surface area contributed by atoms with E-state index >= 15 is 0 Å². The lowest BCUT2D eigenvalue weighted by molar-refractivity contribution is -0.125. The van der Waals surface area contributed by atoms with Crippen LogP contribution in [0, 0.1) is 11.8 Å². The molecule has 122 valence electrons. The Morgan fingerprint density at radius 2 is 2.18 bits per heavy atom. The minimum Gasteiger partial charge on any atom is -0.381 e. The monoisotopic (exact) mass is 308 g/mol. The van der Waals surface area contributed by atoms with Gasteiger partial charge in [0.15, 0.2) is 0 Å². The summed E-state index contributed by atoms with van der Waals surface area (Å²) in [6, 6.07) is 0. The number of aryl methyl sites for hydroxylation is 1. The number of hydrogen-bond acceptors (Lipinski definition) is 6. The van der Waals surface area contributed by atoms with Crippen LogP contribution in [0.3, 0.4) is 0 Å². The van der Waals surface area contributed by atoms with Crippen LogP contribution >= 0.6 is 0 Å². The van der Waals surface area contributed by atoms with Crippen LogP contribution in [-0.2, 0) is 16.0 Å². The lowest BCUT2D eigenvalue weighted by Crippen LogP contribution is -2.40. The first-order valence-corrected chi connectivity index (χ1v) is 8.19. The van der Waals surface area contributed by atoms with Gasteiger partial charge in [0.1, 0.15) is 0 Å². The van der Waals surface area contributed by atoms with E-state index in [0.29, 0.717) is 31.0 Å². The van der Waals surface area contributed by atoms with Crippen LogP contribution in [0.15, 0.2) is 4.52 Å². The molecule has 2 fully saturated rings. The zero-order valence-electron chi connectivity index (χ0n) is 13.1. The lowest BCUT2D eigenvalue weighted by Gasteiger charge is -2.31. The highest BCUT2D eigenvalue weighted by atomic mass is 16.5. The van der Waals surface area contributed by atoms with Crippen LogP contribution < -0.4 is 10.2 Å². The van der Waals surface area contributed by atoms with Crippen molar-refractivity contribution in [3.05, 3.63) is 5.89 Å². The molecular weight excluding hydrogens is 284 g/mol. The van der Waals surface area contributed by atoms with Gasteiger partial charge in [0, 0.05) is 32.7 Å². The first kappa shape index (κ1) is 15.3. The molecule has 22 heavy (non-hydrogen) atoms. The molecule has 2 aliphatic rings. The molecule has 1 aromatic rings. The van der Waals surface area contributed by atoms with Gasteiger partial charge in [-0.25, -0.2) is 0 Å². The van der Waals surface area contributed by atoms with Gasteiger partial charge in [-0.2, -0.15) is 4.98 Å². The van der Waals surface area contributed by atoms with Gasteiger partial charge in [0.25, 0.3) is 5.95 Å². The van der Waals surface area contributed by atoms with Crippen molar-refractivity contribution < 1.29 is 14.1 Å². The van der Waals surface area contributed by atoms with Gasteiger partial charge in [-0.3, -0.25) is 4.79 Å². The predicted molar refractivity (Wildman–Crippen MR) is 80.5 cm³/mol. The molecule has 0 saturated carbocycles. The van der Waals surface area contributed by atoms with E-state index in [1.165, 1.54) is 0 Å². The van der Waals surface area contributed by atoms with Gasteiger partial charge in [-0.15, -0.1) is 0 Å². The van der Waals surface area contributed by atoms with Gasteiger partial charge in [0.05, 0.1) is 12.5 Å². The zero-order valence-corrected chi connectivity index (χ0v) is 13.1. The number of hydrogen-bond donors (Lipinski definition) is 1. The van der Waals surface area contributed by atoms with Gasteiger partial charge >= 0.3 is 0 Å². The van der Waals surface area contributed by atoms with Crippen LogP contribution in [0.2, 0.25) is 0 Å². The lowest BCUT2D eigenvalue weighted by atomic mass is 9.96. The summed E-state index contributed by atoms with van der Waals surface area (Å²) in [7, 11) is 0. The topological polar surface area (TPSA) is 80.5 Å². The van der Waals surface area contributed by atoms with E-state index in [1.54, 1.807) is 0 Å². The number of carbonyl (C=O) groups is 1. The summed E-state index contributed by atoms with van der Waals surface area (Å²) in [6.07, 6.45) is 3.69. The number of anilines is 1. The van der Waals surface area contributed by atoms with Crippen molar-refractivity contribution in [3.63, 3.8) is 0 Å². The molecule has 2 saturated heterocycles. The first-order chi connectivity index (χ1) is 10.8. The van der Waals surface area contributed by atoms with Crippen LogP contribution in [0.5, 0.6) is 0 Å². The van der Waals surface area contributed by atoms with E-state index in [-0.39, 0.29) is 11.8 Å². The maximum atomic E-state index is 12.0. The number of piperidine rings is 1. The Kier molecular flexibility index (Phi) is 4.92. The number of ether oxygens (including phenoxy) is 1. The molecule has 0 spiro atoms. The summed E-state index contributed by atoms with van der Waals surface area (Å²) < 4.78 is 10.4. The Bertz CT molecular complexity index is 491. The summed E-state index contributed by atoms with van der Waals surface area (Å²) >= 11 is 0. The van der Waals surface area contributed by atoms with Crippen molar-refractivity contribution in [3.8, 4) is 0 Å². The quantitative estimate of drug-likeness (QED) is 0.874. The summed E-state index contributed by atoms with van der Waals surface area (Å²) in [4.78, 5) is 18.5. The van der Waals surface area contributed by atoms with Crippen molar-refractivity contribution in [2.75, 3.05) is 37.7 Å². The van der Waals surface area contributed by atoms with Crippen molar-refractivity contribution in [2.45, 2.75) is 32.6 Å². The van der Waals surface area contributed by atoms with Crippen molar-refractivity contribution >= 4 is 11.9 Å². The Morgan fingerprint density at radius 1 is 1.36 bits per heavy atom. The SMILES string of the molecule is CCc1nc(N2CCC(CNC(=O)C3CCOC3)CC2)no1. The van der Waals surface area contributed by atoms with Crippen molar-refractivity contribution in [1.29, 1.82) is 0 Å². The highest BCUT2D eigenvalue weighted by molar-refractivity contribution is 5.78. The van der Waals surface area contributed by atoms with Gasteiger partial charge in [-0.05, 0) is 30.3 Å². The average molecular weight is 308 g/mol. The molecule has 0 aromatic carbocycles. The zero-order chi connectivity index (χ0) is 15.4. The molecule has 1 N–H and O–H groups in total. The number of carbonyl (C=O) groups excluding carboxylic acids is 1. The minimum absolute atomic E-state index is 0.0480. The normalized spacial score (nSPS) is 23.0. The molecule has 1 aromatic heterocycles. The second-order valence-corrected chi connectivity index (χ2v) is 6.08. The van der Waals surface area contributed by atoms with Crippen LogP contribution in [0.25, 0.3) is 0 Å². The van der Waals surface area contributed by atoms with Gasteiger partial charge in [0.2, 0.25) is 11.8 Å². The Balaban J connectivity index is 1.40. The van der Waals surface area contributed by atoms with Crippen LogP contribution in [0.4, 0.5) is 5.95 Å². The number of rotatable bonds is 5. The molecule has 1 unspecified atom stereocenters.